The van der Waals surface area contributed by atoms with Crippen molar-refractivity contribution in [3.63, 3.8) is 0 Å². The Morgan fingerprint density at radius 3 is 3.07 bits per heavy atom. The van der Waals surface area contributed by atoms with Gasteiger partial charge in [0.25, 0.3) is 0 Å². The Kier molecular flexibility index (Phi) is 2.67. The molecule has 0 bridgehead atoms. The molecule has 0 atom stereocenters. The van der Waals surface area contributed by atoms with Crippen molar-refractivity contribution in [2.75, 3.05) is 0 Å². The summed E-state index contributed by atoms with van der Waals surface area (Å²) in [5.41, 5.74) is 0.980. The Morgan fingerprint density at radius 1 is 1.64 bits per heavy atom. The van der Waals surface area contributed by atoms with Crippen LogP contribution in [-0.4, -0.2) is 22.3 Å². The van der Waals surface area contributed by atoms with Gasteiger partial charge >= 0.3 is 6.03 Å². The van der Waals surface area contributed by atoms with Crippen LogP contribution in [0.3, 0.4) is 0 Å². The van der Waals surface area contributed by atoms with Gasteiger partial charge in [0.2, 0.25) is 0 Å². The molecule has 3 N–H and O–H groups in total. The Labute approximate surface area is 82.3 Å². The van der Waals surface area contributed by atoms with Crippen molar-refractivity contribution in [1.29, 1.82) is 0 Å². The van der Waals surface area contributed by atoms with E-state index in [9.17, 15) is 4.79 Å². The molecule has 0 aliphatic heterocycles. The number of aromatic amines is 1. The molecule has 0 aromatic carbocycles. The van der Waals surface area contributed by atoms with Crippen molar-refractivity contribution in [1.82, 2.24) is 20.8 Å². The van der Waals surface area contributed by atoms with Gasteiger partial charge in [-0.1, -0.05) is 0 Å². The minimum absolute atomic E-state index is 0.0871. The van der Waals surface area contributed by atoms with Crippen LogP contribution in [0, 0.1) is 0 Å². The molecule has 1 heterocycles. The molecule has 76 valence electrons. The maximum absolute atomic E-state index is 11.3. The molecule has 0 unspecified atom stereocenters. The highest BCUT2D eigenvalue weighted by molar-refractivity contribution is 5.74. The Balaban J connectivity index is 1.67. The van der Waals surface area contributed by atoms with Gasteiger partial charge in [-0.2, -0.15) is 5.10 Å². The van der Waals surface area contributed by atoms with Gasteiger partial charge in [-0.15, -0.1) is 0 Å². The molecule has 1 aromatic rings. The summed E-state index contributed by atoms with van der Waals surface area (Å²) >= 11 is 0. The standard InChI is InChI=1S/C9H14N4O/c14-9(13-8-2-1-3-8)10-4-7-5-11-12-6-7/h5-6,8H,1-4H2,(H,11,12)(H2,10,13,14). The number of carbonyl (C=O) groups excluding carboxylic acids is 1. The lowest BCUT2D eigenvalue weighted by Gasteiger charge is -2.26. The molecular formula is C9H14N4O. The van der Waals surface area contributed by atoms with E-state index in [1.54, 1.807) is 12.4 Å². The fourth-order valence-corrected chi connectivity index (χ4v) is 1.35. The van der Waals surface area contributed by atoms with Crippen LogP contribution in [0.15, 0.2) is 12.4 Å². The number of aromatic nitrogens is 2. The van der Waals surface area contributed by atoms with E-state index in [0.29, 0.717) is 12.6 Å². The number of H-pyrrole nitrogens is 1. The molecule has 2 rings (SSSR count). The predicted molar refractivity (Wildman–Crippen MR) is 51.6 cm³/mol. The first-order valence-corrected chi connectivity index (χ1v) is 4.86. The molecule has 0 spiro atoms. The summed E-state index contributed by atoms with van der Waals surface area (Å²) in [6.07, 6.45) is 6.91. The molecule has 14 heavy (non-hydrogen) atoms. The van der Waals surface area contributed by atoms with E-state index in [1.807, 2.05) is 0 Å². The van der Waals surface area contributed by atoms with Crippen LogP contribution in [-0.2, 0) is 6.54 Å². The minimum Gasteiger partial charge on any atom is -0.335 e. The van der Waals surface area contributed by atoms with Crippen LogP contribution in [0.5, 0.6) is 0 Å². The van der Waals surface area contributed by atoms with Crippen LogP contribution in [0.1, 0.15) is 24.8 Å². The van der Waals surface area contributed by atoms with Crippen molar-refractivity contribution in [2.45, 2.75) is 31.8 Å². The second kappa shape index (κ2) is 4.13. The molecule has 1 fully saturated rings. The highest BCUT2D eigenvalue weighted by Gasteiger charge is 2.18. The summed E-state index contributed by atoms with van der Waals surface area (Å²) in [6.45, 7) is 0.523. The maximum Gasteiger partial charge on any atom is 0.315 e. The van der Waals surface area contributed by atoms with Crippen LogP contribution in [0.2, 0.25) is 0 Å². The average Bonchev–Trinajstić information content (AvgIpc) is 2.60. The van der Waals surface area contributed by atoms with E-state index in [-0.39, 0.29) is 6.03 Å². The van der Waals surface area contributed by atoms with E-state index in [1.165, 1.54) is 6.42 Å². The molecule has 0 radical (unpaired) electrons. The van der Waals surface area contributed by atoms with E-state index < -0.39 is 0 Å². The quantitative estimate of drug-likeness (QED) is 0.665. The normalized spacial score (nSPS) is 16.0. The van der Waals surface area contributed by atoms with Crippen molar-refractivity contribution >= 4 is 6.03 Å². The monoisotopic (exact) mass is 194 g/mol. The third-order valence-electron chi connectivity index (χ3n) is 2.45. The number of amides is 2. The lowest BCUT2D eigenvalue weighted by atomic mass is 9.93. The smallest absolute Gasteiger partial charge is 0.315 e. The van der Waals surface area contributed by atoms with Crippen molar-refractivity contribution in [3.05, 3.63) is 18.0 Å². The van der Waals surface area contributed by atoms with Crippen LogP contribution >= 0.6 is 0 Å². The number of nitrogens with zero attached hydrogens (tertiary/aromatic N) is 1. The number of hydrogen-bond acceptors (Lipinski definition) is 2. The van der Waals surface area contributed by atoms with Gasteiger partial charge in [-0.05, 0) is 19.3 Å². The summed E-state index contributed by atoms with van der Waals surface area (Å²) in [7, 11) is 0. The first kappa shape index (κ1) is 9.05. The lowest BCUT2D eigenvalue weighted by Crippen LogP contribution is -2.44. The highest BCUT2D eigenvalue weighted by Crippen LogP contribution is 2.17. The second-order valence-corrected chi connectivity index (χ2v) is 3.56. The second-order valence-electron chi connectivity index (χ2n) is 3.56. The molecule has 2 amide bonds. The van der Waals surface area contributed by atoms with Crippen LogP contribution in [0.4, 0.5) is 4.79 Å². The van der Waals surface area contributed by atoms with Gasteiger partial charge in [0.15, 0.2) is 0 Å². The minimum atomic E-state index is -0.0871. The number of urea groups is 1. The molecule has 1 aliphatic rings. The average molecular weight is 194 g/mol. The molecule has 1 saturated carbocycles. The Hall–Kier alpha value is -1.52. The molecule has 5 nitrogen and oxygen atoms in total. The van der Waals surface area contributed by atoms with Gasteiger partial charge in [0.1, 0.15) is 0 Å². The molecule has 5 heteroatoms. The fraction of sp³-hybridized carbons (Fsp3) is 0.556. The first-order chi connectivity index (χ1) is 6.84. The Bertz CT molecular complexity index is 292. The van der Waals surface area contributed by atoms with E-state index in [0.717, 1.165) is 18.4 Å². The summed E-state index contributed by atoms with van der Waals surface area (Å²) in [5.74, 6) is 0. The maximum atomic E-state index is 11.3. The zero-order valence-corrected chi connectivity index (χ0v) is 7.92. The van der Waals surface area contributed by atoms with E-state index >= 15 is 0 Å². The van der Waals surface area contributed by atoms with Gasteiger partial charge in [0, 0.05) is 24.3 Å². The largest absolute Gasteiger partial charge is 0.335 e. The van der Waals surface area contributed by atoms with Crippen LogP contribution < -0.4 is 10.6 Å². The topological polar surface area (TPSA) is 69.8 Å². The van der Waals surface area contributed by atoms with Crippen molar-refractivity contribution in [3.8, 4) is 0 Å². The van der Waals surface area contributed by atoms with Gasteiger partial charge in [-0.25, -0.2) is 4.79 Å². The van der Waals surface area contributed by atoms with Crippen molar-refractivity contribution in [2.24, 2.45) is 0 Å². The Morgan fingerprint density at radius 2 is 2.50 bits per heavy atom. The fourth-order valence-electron chi connectivity index (χ4n) is 1.35. The summed E-state index contributed by atoms with van der Waals surface area (Å²) < 4.78 is 0. The zero-order chi connectivity index (χ0) is 9.80. The van der Waals surface area contributed by atoms with E-state index in [4.69, 9.17) is 0 Å². The molecular weight excluding hydrogens is 180 g/mol. The first-order valence-electron chi connectivity index (χ1n) is 4.86. The van der Waals surface area contributed by atoms with Gasteiger partial charge in [-0.3, -0.25) is 5.10 Å². The van der Waals surface area contributed by atoms with E-state index in [2.05, 4.69) is 20.8 Å². The van der Waals surface area contributed by atoms with Gasteiger partial charge in [0.05, 0.1) is 6.20 Å². The summed E-state index contributed by atoms with van der Waals surface area (Å²) in [6, 6.07) is 0.301. The van der Waals surface area contributed by atoms with Gasteiger partial charge < -0.3 is 10.6 Å². The molecule has 0 saturated heterocycles. The predicted octanol–water partition coefficient (Wildman–Crippen LogP) is 0.761. The third-order valence-corrected chi connectivity index (χ3v) is 2.45. The number of rotatable bonds is 3. The van der Waals surface area contributed by atoms with Crippen molar-refractivity contribution < 1.29 is 4.79 Å². The lowest BCUT2D eigenvalue weighted by molar-refractivity contribution is 0.228. The van der Waals surface area contributed by atoms with Crippen LogP contribution in [0.25, 0.3) is 0 Å². The molecule has 1 aliphatic carbocycles. The number of carbonyl (C=O) groups is 1. The molecule has 1 aromatic heterocycles. The number of nitrogens with one attached hydrogen (secondary N) is 3. The summed E-state index contributed by atoms with van der Waals surface area (Å²) in [5, 5.41) is 12.2. The zero-order valence-electron chi connectivity index (χ0n) is 7.92. The highest BCUT2D eigenvalue weighted by atomic mass is 16.2. The summed E-state index contributed by atoms with van der Waals surface area (Å²) in [4.78, 5) is 11.3. The third kappa shape index (κ3) is 2.25. The number of hydrogen-bond donors (Lipinski definition) is 3. The SMILES string of the molecule is O=C(NCc1cn[nH]c1)NC1CCC1.